The van der Waals surface area contributed by atoms with Crippen LogP contribution in [0.2, 0.25) is 0 Å². The molecule has 0 bridgehead atoms. The Bertz CT molecular complexity index is 1170. The maximum absolute atomic E-state index is 13.0. The first kappa shape index (κ1) is 18.4. The van der Waals surface area contributed by atoms with Gasteiger partial charge in [-0.3, -0.25) is 4.79 Å². The fraction of sp³-hybridized carbons (Fsp3) is 0.263. The average Bonchev–Trinajstić information content (AvgIpc) is 2.94. The van der Waals surface area contributed by atoms with Gasteiger partial charge in [0.15, 0.2) is 9.84 Å². The van der Waals surface area contributed by atoms with E-state index in [1.807, 2.05) is 0 Å². The number of sulfone groups is 1. The van der Waals surface area contributed by atoms with E-state index in [1.165, 1.54) is 17.0 Å². The molecule has 1 aliphatic heterocycles. The van der Waals surface area contributed by atoms with Gasteiger partial charge >= 0.3 is 0 Å². The molecule has 0 atom stereocenters. The predicted molar refractivity (Wildman–Crippen MR) is 101 cm³/mol. The SMILES string of the molecule is COc1c2ccc(C(=O)N3CC(S(=O)(=O)c4ccc(F)cc4)C3)cc2nn1C. The quantitative estimate of drug-likeness (QED) is 0.623. The summed E-state index contributed by atoms with van der Waals surface area (Å²) in [6, 6.07) is 9.84. The van der Waals surface area contributed by atoms with Gasteiger partial charge in [-0.1, -0.05) is 0 Å². The van der Waals surface area contributed by atoms with E-state index in [2.05, 4.69) is 5.10 Å². The molecule has 1 amide bonds. The molecule has 0 saturated carbocycles. The molecule has 1 saturated heterocycles. The summed E-state index contributed by atoms with van der Waals surface area (Å²) in [6.07, 6.45) is 0. The number of ether oxygens (including phenoxy) is 1. The van der Waals surface area contributed by atoms with Crippen molar-refractivity contribution in [1.29, 1.82) is 0 Å². The van der Waals surface area contributed by atoms with Gasteiger partial charge in [0, 0.05) is 25.7 Å². The molecule has 3 aromatic rings. The molecular weight excluding hydrogens is 385 g/mol. The van der Waals surface area contributed by atoms with Gasteiger partial charge in [-0.15, -0.1) is 0 Å². The van der Waals surface area contributed by atoms with Crippen LogP contribution in [0.4, 0.5) is 4.39 Å². The molecule has 1 aromatic heterocycles. The lowest BCUT2D eigenvalue weighted by atomic mass is 10.1. The number of amides is 1. The first-order valence-corrected chi connectivity index (χ1v) is 10.2. The van der Waals surface area contributed by atoms with Crippen LogP contribution in [-0.4, -0.2) is 54.5 Å². The third-order valence-electron chi connectivity index (χ3n) is 4.94. The lowest BCUT2D eigenvalue weighted by Gasteiger charge is -2.38. The van der Waals surface area contributed by atoms with Crippen LogP contribution in [0.25, 0.3) is 10.9 Å². The highest BCUT2D eigenvalue weighted by Crippen LogP contribution is 2.28. The molecule has 1 aliphatic rings. The third-order valence-corrected chi connectivity index (χ3v) is 7.04. The van der Waals surface area contributed by atoms with Gasteiger partial charge in [-0.25, -0.2) is 17.5 Å². The van der Waals surface area contributed by atoms with Gasteiger partial charge in [0.25, 0.3) is 5.91 Å². The van der Waals surface area contributed by atoms with E-state index in [0.717, 1.165) is 17.5 Å². The molecule has 2 aromatic carbocycles. The molecular formula is C19H18FN3O4S. The molecule has 0 spiro atoms. The molecule has 4 rings (SSSR count). The fourth-order valence-corrected chi connectivity index (χ4v) is 5.00. The number of halogens is 1. The van der Waals surface area contributed by atoms with Crippen LogP contribution in [0.5, 0.6) is 5.88 Å². The fourth-order valence-electron chi connectivity index (χ4n) is 3.35. The minimum absolute atomic E-state index is 0.0630. The van der Waals surface area contributed by atoms with Gasteiger partial charge in [-0.2, -0.15) is 5.10 Å². The van der Waals surface area contributed by atoms with Gasteiger partial charge < -0.3 is 9.64 Å². The number of likely N-dealkylation sites (tertiary alicyclic amines) is 1. The summed E-state index contributed by atoms with van der Waals surface area (Å²) in [5.41, 5.74) is 1.06. The molecule has 9 heteroatoms. The number of aromatic nitrogens is 2. The molecule has 0 unspecified atom stereocenters. The summed E-state index contributed by atoms with van der Waals surface area (Å²) in [5, 5.41) is 4.43. The predicted octanol–water partition coefficient (Wildman–Crippen LogP) is 2.02. The first-order chi connectivity index (χ1) is 13.3. The Morgan fingerprint density at radius 3 is 2.50 bits per heavy atom. The van der Waals surface area contributed by atoms with E-state index in [1.54, 1.807) is 37.0 Å². The summed E-state index contributed by atoms with van der Waals surface area (Å²) >= 11 is 0. The number of aryl methyl sites for hydroxylation is 1. The Hall–Kier alpha value is -2.94. The van der Waals surface area contributed by atoms with Gasteiger partial charge in [0.2, 0.25) is 5.88 Å². The standard InChI is InChI=1S/C19H18FN3O4S/c1-22-19(27-2)16-8-3-12(9-17(16)21-22)18(24)23-10-15(11-23)28(25,26)14-6-4-13(20)5-7-14/h3-9,15H,10-11H2,1-2H3. The second-order valence-corrected chi connectivity index (χ2v) is 8.92. The zero-order valence-corrected chi connectivity index (χ0v) is 16.1. The number of nitrogens with zero attached hydrogens (tertiary/aromatic N) is 3. The number of carbonyl (C=O) groups excluding carboxylic acids is 1. The maximum atomic E-state index is 13.0. The summed E-state index contributed by atoms with van der Waals surface area (Å²) in [7, 11) is -0.297. The van der Waals surface area contributed by atoms with Crippen molar-refractivity contribution in [3.63, 3.8) is 0 Å². The highest BCUT2D eigenvalue weighted by Gasteiger charge is 2.40. The number of rotatable bonds is 4. The second kappa shape index (κ2) is 6.59. The van der Waals surface area contributed by atoms with Crippen LogP contribution >= 0.6 is 0 Å². The normalized spacial score (nSPS) is 14.9. The summed E-state index contributed by atoms with van der Waals surface area (Å²) in [6.45, 7) is 0.199. The number of methoxy groups -OCH3 is 1. The van der Waals surface area contributed by atoms with E-state index < -0.39 is 20.9 Å². The zero-order chi connectivity index (χ0) is 20.1. The smallest absolute Gasteiger partial charge is 0.254 e. The van der Waals surface area contributed by atoms with Crippen LogP contribution in [0.15, 0.2) is 47.4 Å². The summed E-state index contributed by atoms with van der Waals surface area (Å²) in [5.74, 6) is -0.147. The van der Waals surface area contributed by atoms with Gasteiger partial charge in [0.1, 0.15) is 11.1 Å². The highest BCUT2D eigenvalue weighted by molar-refractivity contribution is 7.92. The van der Waals surface area contributed by atoms with Crippen LogP contribution in [-0.2, 0) is 16.9 Å². The van der Waals surface area contributed by atoms with Crippen molar-refractivity contribution in [2.75, 3.05) is 20.2 Å². The topological polar surface area (TPSA) is 81.5 Å². The number of fused-ring (bicyclic) bond motifs is 1. The molecule has 7 nitrogen and oxygen atoms in total. The van der Waals surface area contributed by atoms with E-state index in [9.17, 15) is 17.6 Å². The Morgan fingerprint density at radius 1 is 1.18 bits per heavy atom. The zero-order valence-electron chi connectivity index (χ0n) is 15.3. The molecule has 0 N–H and O–H groups in total. The largest absolute Gasteiger partial charge is 0.481 e. The minimum Gasteiger partial charge on any atom is -0.481 e. The first-order valence-electron chi connectivity index (χ1n) is 8.61. The third kappa shape index (κ3) is 2.91. The number of hydrogen-bond donors (Lipinski definition) is 0. The second-order valence-electron chi connectivity index (χ2n) is 6.70. The Balaban J connectivity index is 1.50. The number of benzene rings is 2. The highest BCUT2D eigenvalue weighted by atomic mass is 32.2. The molecule has 0 aliphatic carbocycles. The van der Waals surface area contributed by atoms with Crippen molar-refractivity contribution >= 4 is 26.6 Å². The molecule has 146 valence electrons. The minimum atomic E-state index is -3.60. The summed E-state index contributed by atoms with van der Waals surface area (Å²) < 4.78 is 45.1. The maximum Gasteiger partial charge on any atom is 0.254 e. The van der Waals surface area contributed by atoms with Crippen molar-refractivity contribution in [3.05, 3.63) is 53.8 Å². The molecule has 1 fully saturated rings. The lowest BCUT2D eigenvalue weighted by Crippen LogP contribution is -2.56. The molecule has 2 heterocycles. The molecule has 28 heavy (non-hydrogen) atoms. The van der Waals surface area contributed by atoms with Crippen LogP contribution in [0.3, 0.4) is 0 Å². The number of hydrogen-bond acceptors (Lipinski definition) is 5. The van der Waals surface area contributed by atoms with Crippen molar-refractivity contribution < 1.29 is 22.3 Å². The lowest BCUT2D eigenvalue weighted by molar-refractivity contribution is 0.0659. The number of carbonyl (C=O) groups is 1. The Morgan fingerprint density at radius 2 is 1.86 bits per heavy atom. The van der Waals surface area contributed by atoms with Crippen molar-refractivity contribution in [2.24, 2.45) is 7.05 Å². The van der Waals surface area contributed by atoms with Gasteiger partial charge in [-0.05, 0) is 42.5 Å². The van der Waals surface area contributed by atoms with Crippen molar-refractivity contribution in [2.45, 2.75) is 10.1 Å². The summed E-state index contributed by atoms with van der Waals surface area (Å²) in [4.78, 5) is 14.2. The monoisotopic (exact) mass is 403 g/mol. The van der Waals surface area contributed by atoms with Crippen LogP contribution < -0.4 is 4.74 Å². The Labute approximate surface area is 161 Å². The van der Waals surface area contributed by atoms with E-state index in [-0.39, 0.29) is 23.9 Å². The Kier molecular flexibility index (Phi) is 4.34. The van der Waals surface area contributed by atoms with E-state index in [0.29, 0.717) is 17.0 Å². The van der Waals surface area contributed by atoms with Crippen LogP contribution in [0, 0.1) is 5.82 Å². The van der Waals surface area contributed by atoms with Crippen molar-refractivity contribution in [3.8, 4) is 5.88 Å². The average molecular weight is 403 g/mol. The van der Waals surface area contributed by atoms with E-state index in [4.69, 9.17) is 4.74 Å². The molecule has 0 radical (unpaired) electrons. The van der Waals surface area contributed by atoms with Crippen LogP contribution in [0.1, 0.15) is 10.4 Å². The van der Waals surface area contributed by atoms with Gasteiger partial charge in [0.05, 0.1) is 22.9 Å². The van der Waals surface area contributed by atoms with E-state index >= 15 is 0 Å². The van der Waals surface area contributed by atoms with Crippen molar-refractivity contribution in [1.82, 2.24) is 14.7 Å².